The molecule has 0 amide bonds. The van der Waals surface area contributed by atoms with Gasteiger partial charge in [-0.15, -0.1) is 0 Å². The second-order valence-corrected chi connectivity index (χ2v) is 5.48. The van der Waals surface area contributed by atoms with Gasteiger partial charge in [0.1, 0.15) is 0 Å². The molecule has 1 aromatic rings. The first-order chi connectivity index (χ1) is 7.84. The monoisotopic (exact) mass is 308 g/mol. The van der Waals surface area contributed by atoms with Crippen molar-refractivity contribution in [1.82, 2.24) is 0 Å². The van der Waals surface area contributed by atoms with Crippen LogP contribution in [0.2, 0.25) is 0 Å². The number of hydrogen-bond acceptors (Lipinski definition) is 0. The highest BCUT2D eigenvalue weighted by molar-refractivity contribution is 9.09. The molecule has 4 heteroatoms. The van der Waals surface area contributed by atoms with Crippen LogP contribution in [0.15, 0.2) is 18.2 Å². The lowest BCUT2D eigenvalue weighted by molar-refractivity contribution is -0.137. The van der Waals surface area contributed by atoms with Crippen molar-refractivity contribution in [3.63, 3.8) is 0 Å². The molecule has 1 atom stereocenters. The summed E-state index contributed by atoms with van der Waals surface area (Å²) in [5.41, 5.74) is 1.15. The fourth-order valence-corrected chi connectivity index (χ4v) is 1.90. The van der Waals surface area contributed by atoms with Crippen LogP contribution >= 0.6 is 15.9 Å². The van der Waals surface area contributed by atoms with E-state index in [1.807, 2.05) is 0 Å². The lowest BCUT2D eigenvalue weighted by atomic mass is 10.00. The van der Waals surface area contributed by atoms with E-state index >= 15 is 0 Å². The Kier molecular flexibility index (Phi) is 5.04. The lowest BCUT2D eigenvalue weighted by Gasteiger charge is -2.12. The summed E-state index contributed by atoms with van der Waals surface area (Å²) in [6, 6.07) is 3.98. The summed E-state index contributed by atoms with van der Waals surface area (Å²) in [4.78, 5) is 0.434. The van der Waals surface area contributed by atoms with E-state index in [1.54, 1.807) is 13.0 Å². The van der Waals surface area contributed by atoms with Crippen molar-refractivity contribution in [3.8, 4) is 0 Å². The Hall–Kier alpha value is -0.510. The van der Waals surface area contributed by atoms with Gasteiger partial charge in [0, 0.05) is 4.83 Å². The number of benzene rings is 1. The number of halogens is 4. The molecule has 0 N–H and O–H groups in total. The van der Waals surface area contributed by atoms with Gasteiger partial charge >= 0.3 is 6.18 Å². The molecule has 0 aliphatic rings. The van der Waals surface area contributed by atoms with Gasteiger partial charge in [-0.3, -0.25) is 0 Å². The second kappa shape index (κ2) is 5.89. The van der Waals surface area contributed by atoms with Crippen LogP contribution < -0.4 is 0 Å². The third kappa shape index (κ3) is 4.34. The Morgan fingerprint density at radius 3 is 2.41 bits per heavy atom. The molecule has 96 valence electrons. The molecular formula is C13H16BrF3. The summed E-state index contributed by atoms with van der Waals surface area (Å²) in [6.07, 6.45) is -1.46. The molecule has 0 bridgehead atoms. The van der Waals surface area contributed by atoms with Gasteiger partial charge in [-0.25, -0.2) is 0 Å². The fourth-order valence-electron chi connectivity index (χ4n) is 1.67. The zero-order valence-corrected chi connectivity index (χ0v) is 11.5. The van der Waals surface area contributed by atoms with Crippen molar-refractivity contribution in [2.75, 3.05) is 0 Å². The fraction of sp³-hybridized carbons (Fsp3) is 0.538. The molecule has 0 heterocycles. The number of alkyl halides is 4. The summed E-state index contributed by atoms with van der Waals surface area (Å²) in [7, 11) is 0. The van der Waals surface area contributed by atoms with Gasteiger partial charge < -0.3 is 0 Å². The zero-order chi connectivity index (χ0) is 13.1. The molecule has 0 radical (unpaired) electrons. The molecular weight excluding hydrogens is 293 g/mol. The van der Waals surface area contributed by atoms with Crippen LogP contribution in [0.4, 0.5) is 13.2 Å². The van der Waals surface area contributed by atoms with E-state index in [0.29, 0.717) is 4.83 Å². The first-order valence-electron chi connectivity index (χ1n) is 5.65. The Morgan fingerprint density at radius 2 is 1.94 bits per heavy atom. The van der Waals surface area contributed by atoms with Crippen LogP contribution in [0.25, 0.3) is 0 Å². The molecule has 0 nitrogen and oxygen atoms in total. The number of hydrogen-bond donors (Lipinski definition) is 0. The molecule has 0 aliphatic carbocycles. The van der Waals surface area contributed by atoms with E-state index in [1.165, 1.54) is 6.07 Å². The van der Waals surface area contributed by atoms with Gasteiger partial charge in [-0.2, -0.15) is 13.2 Å². The molecule has 0 saturated carbocycles. The van der Waals surface area contributed by atoms with Gasteiger partial charge in [0.15, 0.2) is 0 Å². The first kappa shape index (κ1) is 14.6. The average Bonchev–Trinajstić information content (AvgIpc) is 2.25. The van der Waals surface area contributed by atoms with E-state index in [0.717, 1.165) is 36.5 Å². The predicted octanol–water partition coefficient (Wildman–Crippen LogP) is 5.12. The Morgan fingerprint density at radius 1 is 1.29 bits per heavy atom. The van der Waals surface area contributed by atoms with Gasteiger partial charge in [0.05, 0.1) is 5.56 Å². The summed E-state index contributed by atoms with van der Waals surface area (Å²) in [5, 5.41) is 0. The molecule has 1 rings (SSSR count). The van der Waals surface area contributed by atoms with E-state index in [4.69, 9.17) is 0 Å². The molecule has 0 fully saturated rings. The van der Waals surface area contributed by atoms with Crippen molar-refractivity contribution in [1.29, 1.82) is 0 Å². The largest absolute Gasteiger partial charge is 0.416 e. The van der Waals surface area contributed by atoms with Gasteiger partial charge in [0.2, 0.25) is 0 Å². The van der Waals surface area contributed by atoms with Crippen LogP contribution in [0.5, 0.6) is 0 Å². The third-order valence-electron chi connectivity index (χ3n) is 2.84. The molecule has 0 aliphatic heterocycles. The molecule has 1 unspecified atom stereocenters. The van der Waals surface area contributed by atoms with Crippen LogP contribution in [0, 0.1) is 6.92 Å². The first-order valence-corrected chi connectivity index (χ1v) is 6.57. The maximum Gasteiger partial charge on any atom is 0.416 e. The molecule has 0 spiro atoms. The Bertz CT molecular complexity index is 371. The second-order valence-electron chi connectivity index (χ2n) is 4.18. The Labute approximate surface area is 108 Å². The average molecular weight is 309 g/mol. The standard InChI is InChI=1S/C13H16BrF3/c1-3-12(14)7-5-10-4-6-11(8-9(10)2)13(15,16)17/h4,6,8,12H,3,5,7H2,1-2H3. The lowest BCUT2D eigenvalue weighted by Crippen LogP contribution is -2.06. The summed E-state index contributed by atoms with van der Waals surface area (Å²) in [5.74, 6) is 0. The number of aryl methyl sites for hydroxylation is 2. The van der Waals surface area contributed by atoms with Crippen LogP contribution in [0.3, 0.4) is 0 Å². The van der Waals surface area contributed by atoms with Crippen molar-refractivity contribution in [2.45, 2.75) is 44.1 Å². The predicted molar refractivity (Wildman–Crippen MR) is 67.5 cm³/mol. The van der Waals surface area contributed by atoms with Gasteiger partial charge in [-0.1, -0.05) is 28.9 Å². The van der Waals surface area contributed by atoms with Crippen molar-refractivity contribution in [3.05, 3.63) is 34.9 Å². The SMILES string of the molecule is CCC(Br)CCc1ccc(C(F)(F)F)cc1C. The van der Waals surface area contributed by atoms with Gasteiger partial charge in [-0.05, 0) is 49.4 Å². The van der Waals surface area contributed by atoms with E-state index in [9.17, 15) is 13.2 Å². The summed E-state index contributed by atoms with van der Waals surface area (Å²) < 4.78 is 37.4. The van der Waals surface area contributed by atoms with Crippen molar-refractivity contribution in [2.24, 2.45) is 0 Å². The molecule has 1 aromatic carbocycles. The Balaban J connectivity index is 2.77. The maximum absolute atomic E-state index is 12.5. The van der Waals surface area contributed by atoms with E-state index < -0.39 is 11.7 Å². The molecule has 0 saturated heterocycles. The highest BCUT2D eigenvalue weighted by Crippen LogP contribution is 2.30. The highest BCUT2D eigenvalue weighted by Gasteiger charge is 2.30. The van der Waals surface area contributed by atoms with Crippen molar-refractivity contribution >= 4 is 15.9 Å². The minimum Gasteiger partial charge on any atom is -0.166 e. The van der Waals surface area contributed by atoms with Crippen LogP contribution in [0.1, 0.15) is 36.5 Å². The molecule has 17 heavy (non-hydrogen) atoms. The minimum absolute atomic E-state index is 0.434. The smallest absolute Gasteiger partial charge is 0.166 e. The van der Waals surface area contributed by atoms with E-state index in [-0.39, 0.29) is 0 Å². The van der Waals surface area contributed by atoms with Gasteiger partial charge in [0.25, 0.3) is 0 Å². The normalized spacial score (nSPS) is 13.8. The maximum atomic E-state index is 12.5. The highest BCUT2D eigenvalue weighted by atomic mass is 79.9. The van der Waals surface area contributed by atoms with Crippen molar-refractivity contribution < 1.29 is 13.2 Å². The van der Waals surface area contributed by atoms with E-state index in [2.05, 4.69) is 22.9 Å². The van der Waals surface area contributed by atoms with Crippen LogP contribution in [-0.4, -0.2) is 4.83 Å². The summed E-state index contributed by atoms with van der Waals surface area (Å²) in [6.45, 7) is 3.82. The minimum atomic E-state index is -4.25. The quantitative estimate of drug-likeness (QED) is 0.677. The summed E-state index contributed by atoms with van der Waals surface area (Å²) >= 11 is 3.53. The number of rotatable bonds is 4. The topological polar surface area (TPSA) is 0 Å². The molecule has 0 aromatic heterocycles. The third-order valence-corrected chi connectivity index (χ3v) is 3.95. The van der Waals surface area contributed by atoms with Crippen LogP contribution in [-0.2, 0) is 12.6 Å². The zero-order valence-electron chi connectivity index (χ0n) is 9.94.